The average molecular weight is 426 g/mol. The van der Waals surface area contributed by atoms with E-state index in [0.717, 1.165) is 3.57 Å². The number of ether oxygens (including phenoxy) is 2. The van der Waals surface area contributed by atoms with Crippen LogP contribution in [-0.4, -0.2) is 30.1 Å². The first kappa shape index (κ1) is 17.2. The molecule has 0 radical (unpaired) electrons. The van der Waals surface area contributed by atoms with Crippen molar-refractivity contribution in [1.82, 2.24) is 4.98 Å². The molecule has 1 amide bonds. The van der Waals surface area contributed by atoms with Gasteiger partial charge in [0.2, 0.25) is 5.88 Å². The van der Waals surface area contributed by atoms with E-state index in [9.17, 15) is 9.59 Å². The molecular formula is C16H15IN2O4. The molecule has 1 heterocycles. The van der Waals surface area contributed by atoms with Crippen LogP contribution in [0.5, 0.6) is 5.88 Å². The highest BCUT2D eigenvalue weighted by Gasteiger charge is 2.16. The highest BCUT2D eigenvalue weighted by Crippen LogP contribution is 2.15. The molecule has 2 aromatic rings. The Bertz CT molecular complexity index is 689. The van der Waals surface area contributed by atoms with Crippen molar-refractivity contribution < 1.29 is 19.1 Å². The molecule has 7 heteroatoms. The van der Waals surface area contributed by atoms with E-state index >= 15 is 0 Å². The Hall–Kier alpha value is -2.16. The molecule has 2 rings (SSSR count). The number of hydrogen-bond acceptors (Lipinski definition) is 5. The van der Waals surface area contributed by atoms with Gasteiger partial charge in [-0.2, -0.15) is 0 Å². The first-order valence-electron chi connectivity index (χ1n) is 6.90. The molecule has 0 saturated carbocycles. The molecule has 6 nitrogen and oxygen atoms in total. The number of halogens is 1. The minimum absolute atomic E-state index is 0.191. The summed E-state index contributed by atoms with van der Waals surface area (Å²) in [6, 6.07) is 10.4. The van der Waals surface area contributed by atoms with Gasteiger partial charge in [0.15, 0.2) is 6.61 Å². The summed E-state index contributed by atoms with van der Waals surface area (Å²) in [5.41, 5.74) is 0.833. The zero-order chi connectivity index (χ0) is 16.7. The number of carbonyl (C=O) groups excluding carboxylic acids is 2. The summed E-state index contributed by atoms with van der Waals surface area (Å²) in [5.74, 6) is -0.876. The average Bonchev–Trinajstić information content (AvgIpc) is 2.56. The number of hydrogen-bond donors (Lipinski definition) is 1. The molecule has 23 heavy (non-hydrogen) atoms. The third-order valence-corrected chi connectivity index (χ3v) is 3.45. The second-order valence-electron chi connectivity index (χ2n) is 4.42. The van der Waals surface area contributed by atoms with Crippen molar-refractivity contribution in [2.75, 3.05) is 18.5 Å². The van der Waals surface area contributed by atoms with Crippen LogP contribution in [0.4, 0.5) is 5.69 Å². The summed E-state index contributed by atoms with van der Waals surface area (Å²) in [6.07, 6.45) is 1.52. The number of rotatable bonds is 6. The van der Waals surface area contributed by atoms with E-state index < -0.39 is 11.9 Å². The zero-order valence-corrected chi connectivity index (χ0v) is 14.6. The van der Waals surface area contributed by atoms with Crippen molar-refractivity contribution in [3.05, 3.63) is 51.7 Å². The molecule has 0 fully saturated rings. The summed E-state index contributed by atoms with van der Waals surface area (Å²) < 4.78 is 11.3. The highest BCUT2D eigenvalue weighted by atomic mass is 127. The SMILES string of the molecule is CCOc1ncccc1C(=O)OCC(=O)Nc1ccc(I)cc1. The molecule has 0 aliphatic carbocycles. The minimum Gasteiger partial charge on any atom is -0.477 e. The van der Waals surface area contributed by atoms with Gasteiger partial charge in [-0.25, -0.2) is 9.78 Å². The van der Waals surface area contributed by atoms with Crippen molar-refractivity contribution >= 4 is 40.2 Å². The predicted octanol–water partition coefficient (Wildman–Crippen LogP) is 2.88. The van der Waals surface area contributed by atoms with E-state index in [1.807, 2.05) is 12.1 Å². The minimum atomic E-state index is -0.653. The Balaban J connectivity index is 1.91. The summed E-state index contributed by atoms with van der Waals surface area (Å²) >= 11 is 2.17. The Morgan fingerprint density at radius 3 is 2.65 bits per heavy atom. The predicted molar refractivity (Wildman–Crippen MR) is 93.5 cm³/mol. The third-order valence-electron chi connectivity index (χ3n) is 2.73. The van der Waals surface area contributed by atoms with Crippen molar-refractivity contribution in [3.8, 4) is 5.88 Å². The van der Waals surface area contributed by atoms with Gasteiger partial charge in [-0.15, -0.1) is 0 Å². The number of anilines is 1. The Morgan fingerprint density at radius 2 is 1.96 bits per heavy atom. The topological polar surface area (TPSA) is 77.5 Å². The lowest BCUT2D eigenvalue weighted by atomic mass is 10.3. The summed E-state index contributed by atoms with van der Waals surface area (Å²) in [4.78, 5) is 27.8. The van der Waals surface area contributed by atoms with Crippen LogP contribution in [0.3, 0.4) is 0 Å². The second kappa shape index (κ2) is 8.47. The summed E-state index contributed by atoms with van der Waals surface area (Å²) in [5, 5.41) is 2.65. The molecule has 0 unspecified atom stereocenters. The maximum Gasteiger partial charge on any atom is 0.344 e. The molecule has 0 spiro atoms. The lowest BCUT2D eigenvalue weighted by molar-refractivity contribution is -0.119. The van der Waals surface area contributed by atoms with Crippen LogP contribution in [0.15, 0.2) is 42.6 Å². The number of benzene rings is 1. The van der Waals surface area contributed by atoms with Gasteiger partial charge in [-0.1, -0.05) is 0 Å². The molecule has 0 bridgehead atoms. The number of pyridine rings is 1. The molecule has 1 aromatic carbocycles. The monoisotopic (exact) mass is 426 g/mol. The van der Waals surface area contributed by atoms with Crippen LogP contribution < -0.4 is 10.1 Å². The van der Waals surface area contributed by atoms with Crippen LogP contribution in [0.25, 0.3) is 0 Å². The fourth-order valence-electron chi connectivity index (χ4n) is 1.74. The van der Waals surface area contributed by atoms with Gasteiger partial charge in [0.1, 0.15) is 5.56 Å². The first-order chi connectivity index (χ1) is 11.1. The van der Waals surface area contributed by atoms with Gasteiger partial charge in [0, 0.05) is 15.5 Å². The van der Waals surface area contributed by atoms with Crippen LogP contribution in [0.1, 0.15) is 17.3 Å². The van der Waals surface area contributed by atoms with Crippen molar-refractivity contribution in [2.24, 2.45) is 0 Å². The third kappa shape index (κ3) is 5.20. The quantitative estimate of drug-likeness (QED) is 0.568. The standard InChI is InChI=1S/C16H15IN2O4/c1-2-22-15-13(4-3-9-18-15)16(21)23-10-14(20)19-12-7-5-11(17)6-8-12/h3-9H,2,10H2,1H3,(H,19,20). The lowest BCUT2D eigenvalue weighted by Gasteiger charge is -2.09. The number of esters is 1. The zero-order valence-electron chi connectivity index (χ0n) is 12.4. The second-order valence-corrected chi connectivity index (χ2v) is 5.67. The number of amides is 1. The molecule has 1 aromatic heterocycles. The Morgan fingerprint density at radius 1 is 1.22 bits per heavy atom. The van der Waals surface area contributed by atoms with Crippen molar-refractivity contribution in [1.29, 1.82) is 0 Å². The number of nitrogens with zero attached hydrogens (tertiary/aromatic N) is 1. The van der Waals surface area contributed by atoms with Gasteiger partial charge >= 0.3 is 5.97 Å². The summed E-state index contributed by atoms with van der Waals surface area (Å²) in [6.45, 7) is 1.79. The van der Waals surface area contributed by atoms with E-state index in [2.05, 4.69) is 32.9 Å². The van der Waals surface area contributed by atoms with Gasteiger partial charge in [-0.3, -0.25) is 4.79 Å². The molecular weight excluding hydrogens is 411 g/mol. The van der Waals surface area contributed by atoms with Crippen molar-refractivity contribution in [3.63, 3.8) is 0 Å². The maximum absolute atomic E-state index is 12.0. The lowest BCUT2D eigenvalue weighted by Crippen LogP contribution is -2.21. The number of carbonyl (C=O) groups is 2. The van der Waals surface area contributed by atoms with Gasteiger partial charge in [-0.05, 0) is 65.9 Å². The normalized spacial score (nSPS) is 10.0. The molecule has 0 atom stereocenters. The van der Waals surface area contributed by atoms with Crippen LogP contribution in [0, 0.1) is 3.57 Å². The van der Waals surface area contributed by atoms with Gasteiger partial charge < -0.3 is 14.8 Å². The van der Waals surface area contributed by atoms with Crippen LogP contribution in [0.2, 0.25) is 0 Å². The van der Waals surface area contributed by atoms with Crippen LogP contribution >= 0.6 is 22.6 Å². The molecule has 0 saturated heterocycles. The summed E-state index contributed by atoms with van der Waals surface area (Å²) in [7, 11) is 0. The van der Waals surface area contributed by atoms with E-state index in [4.69, 9.17) is 9.47 Å². The number of aromatic nitrogens is 1. The maximum atomic E-state index is 12.0. The van der Waals surface area contributed by atoms with E-state index in [-0.39, 0.29) is 18.1 Å². The van der Waals surface area contributed by atoms with E-state index in [1.54, 1.807) is 25.1 Å². The van der Waals surface area contributed by atoms with E-state index in [1.165, 1.54) is 12.3 Å². The number of nitrogens with one attached hydrogen (secondary N) is 1. The highest BCUT2D eigenvalue weighted by molar-refractivity contribution is 14.1. The van der Waals surface area contributed by atoms with Crippen molar-refractivity contribution in [2.45, 2.75) is 6.92 Å². The van der Waals surface area contributed by atoms with Gasteiger partial charge in [0.25, 0.3) is 5.91 Å². The Labute approximate surface area is 147 Å². The molecule has 1 N–H and O–H groups in total. The smallest absolute Gasteiger partial charge is 0.344 e. The largest absolute Gasteiger partial charge is 0.477 e. The fraction of sp³-hybridized carbons (Fsp3) is 0.188. The van der Waals surface area contributed by atoms with E-state index in [0.29, 0.717) is 12.3 Å². The molecule has 120 valence electrons. The van der Waals surface area contributed by atoms with Gasteiger partial charge in [0.05, 0.1) is 6.61 Å². The van der Waals surface area contributed by atoms with Crippen LogP contribution in [-0.2, 0) is 9.53 Å². The first-order valence-corrected chi connectivity index (χ1v) is 7.98. The molecule has 0 aliphatic heterocycles. The molecule has 0 aliphatic rings. The Kier molecular flexibility index (Phi) is 6.33. The fourth-order valence-corrected chi connectivity index (χ4v) is 2.10.